The van der Waals surface area contributed by atoms with Gasteiger partial charge in [-0.1, -0.05) is 6.08 Å². The van der Waals surface area contributed by atoms with E-state index in [-0.39, 0.29) is 0 Å². The summed E-state index contributed by atoms with van der Waals surface area (Å²) in [6.07, 6.45) is 4.47. The molecule has 2 heteroatoms. The van der Waals surface area contributed by atoms with Crippen molar-refractivity contribution in [1.29, 1.82) is 0 Å². The Labute approximate surface area is 54.4 Å². The van der Waals surface area contributed by atoms with Gasteiger partial charge in [-0.05, 0) is 6.07 Å². The van der Waals surface area contributed by atoms with Crippen molar-refractivity contribution < 1.29 is 0 Å². The van der Waals surface area contributed by atoms with E-state index < -0.39 is 0 Å². The molecule has 0 aliphatic rings. The molecule has 1 aromatic heterocycles. The van der Waals surface area contributed by atoms with E-state index in [0.717, 1.165) is 17.8 Å². The van der Waals surface area contributed by atoms with E-state index in [1.165, 1.54) is 0 Å². The number of nitrogens with two attached hydrogens (primary N) is 1. The third-order valence-electron chi connectivity index (χ3n) is 1.22. The first-order chi connectivity index (χ1) is 4.34. The summed E-state index contributed by atoms with van der Waals surface area (Å²) >= 11 is 0. The first kappa shape index (κ1) is 5.95. The lowest BCUT2D eigenvalue weighted by Crippen LogP contribution is -1.88. The summed E-state index contributed by atoms with van der Waals surface area (Å²) in [5.74, 6) is 0. The normalized spacial score (nSPS) is 9.33. The number of hydrogen-bond acceptors (Lipinski definition) is 1. The van der Waals surface area contributed by atoms with Crippen molar-refractivity contribution in [3.8, 4) is 0 Å². The second-order valence-electron chi connectivity index (χ2n) is 1.90. The molecule has 0 aliphatic carbocycles. The highest BCUT2D eigenvalue weighted by atomic mass is 14.7. The molecule has 0 fully saturated rings. The Balaban J connectivity index is 2.80. The molecule has 1 aromatic rings. The van der Waals surface area contributed by atoms with Crippen LogP contribution in [0.1, 0.15) is 5.69 Å². The van der Waals surface area contributed by atoms with Crippen molar-refractivity contribution in [3.05, 3.63) is 30.6 Å². The minimum atomic E-state index is 0.815. The number of aromatic amines is 1. The van der Waals surface area contributed by atoms with E-state index in [1.807, 2.05) is 18.3 Å². The predicted molar refractivity (Wildman–Crippen MR) is 39.1 cm³/mol. The Morgan fingerprint density at radius 3 is 3.00 bits per heavy atom. The van der Waals surface area contributed by atoms with Gasteiger partial charge in [0, 0.05) is 18.3 Å². The lowest BCUT2D eigenvalue weighted by molar-refractivity contribution is 1.16. The molecule has 9 heavy (non-hydrogen) atoms. The van der Waals surface area contributed by atoms with Crippen molar-refractivity contribution in [2.24, 2.45) is 0 Å². The van der Waals surface area contributed by atoms with Crippen LogP contribution in [0.3, 0.4) is 0 Å². The summed E-state index contributed by atoms with van der Waals surface area (Å²) in [6, 6.07) is 1.85. The lowest BCUT2D eigenvalue weighted by atomic mass is 10.3. The SMILES string of the molecule is C=CCc1[nH]ccc1N. The van der Waals surface area contributed by atoms with Crippen molar-refractivity contribution in [1.82, 2.24) is 4.98 Å². The highest BCUT2D eigenvalue weighted by Crippen LogP contribution is 2.08. The number of nitrogens with one attached hydrogen (secondary N) is 1. The first-order valence-corrected chi connectivity index (χ1v) is 2.87. The molecule has 3 N–H and O–H groups in total. The van der Waals surface area contributed by atoms with Crippen LogP contribution in [0.25, 0.3) is 0 Å². The second kappa shape index (κ2) is 2.40. The molecule has 0 saturated heterocycles. The van der Waals surface area contributed by atoms with E-state index in [2.05, 4.69) is 11.6 Å². The van der Waals surface area contributed by atoms with Crippen LogP contribution in [0.4, 0.5) is 5.69 Å². The van der Waals surface area contributed by atoms with Gasteiger partial charge in [0.15, 0.2) is 0 Å². The predicted octanol–water partition coefficient (Wildman–Crippen LogP) is 1.33. The zero-order chi connectivity index (χ0) is 6.69. The van der Waals surface area contributed by atoms with Crippen molar-refractivity contribution >= 4 is 5.69 Å². The molecule has 0 atom stereocenters. The molecule has 0 unspecified atom stereocenters. The maximum Gasteiger partial charge on any atom is 0.0528 e. The van der Waals surface area contributed by atoms with Gasteiger partial charge in [-0.25, -0.2) is 0 Å². The highest BCUT2D eigenvalue weighted by Gasteiger charge is 1.93. The summed E-state index contributed by atoms with van der Waals surface area (Å²) in [4.78, 5) is 3.01. The van der Waals surface area contributed by atoms with Crippen LogP contribution < -0.4 is 5.73 Å². The van der Waals surface area contributed by atoms with Gasteiger partial charge >= 0.3 is 0 Å². The van der Waals surface area contributed by atoms with Crippen LogP contribution in [-0.4, -0.2) is 4.98 Å². The smallest absolute Gasteiger partial charge is 0.0528 e. The van der Waals surface area contributed by atoms with Gasteiger partial charge in [-0.2, -0.15) is 0 Å². The maximum atomic E-state index is 5.55. The minimum absolute atomic E-state index is 0.815. The van der Waals surface area contributed by atoms with Crippen LogP contribution in [0.2, 0.25) is 0 Å². The average molecular weight is 122 g/mol. The molecule has 0 radical (unpaired) electrons. The quantitative estimate of drug-likeness (QED) is 0.571. The highest BCUT2D eigenvalue weighted by molar-refractivity contribution is 5.43. The average Bonchev–Trinajstić information content (AvgIpc) is 2.18. The number of allylic oxidation sites excluding steroid dienone is 1. The van der Waals surface area contributed by atoms with Crippen LogP contribution >= 0.6 is 0 Å². The number of nitrogen functional groups attached to an aromatic ring is 1. The molecule has 48 valence electrons. The largest absolute Gasteiger partial charge is 0.397 e. The molecule has 0 aromatic carbocycles. The maximum absolute atomic E-state index is 5.55. The number of H-pyrrole nitrogens is 1. The van der Waals surface area contributed by atoms with E-state index >= 15 is 0 Å². The van der Waals surface area contributed by atoms with Gasteiger partial charge < -0.3 is 10.7 Å². The molecule has 1 heterocycles. The molecule has 1 rings (SSSR count). The van der Waals surface area contributed by atoms with Gasteiger partial charge in [0.1, 0.15) is 0 Å². The van der Waals surface area contributed by atoms with Crippen LogP contribution in [0.5, 0.6) is 0 Å². The van der Waals surface area contributed by atoms with E-state index in [0.29, 0.717) is 0 Å². The summed E-state index contributed by atoms with van der Waals surface area (Å²) in [7, 11) is 0. The summed E-state index contributed by atoms with van der Waals surface area (Å²) in [5, 5.41) is 0. The van der Waals surface area contributed by atoms with Gasteiger partial charge in [-0.3, -0.25) is 0 Å². The molecular weight excluding hydrogens is 112 g/mol. The molecule has 0 aliphatic heterocycles. The minimum Gasteiger partial charge on any atom is -0.397 e. The fourth-order valence-corrected chi connectivity index (χ4v) is 0.737. The molecule has 0 amide bonds. The number of anilines is 1. The van der Waals surface area contributed by atoms with Crippen LogP contribution in [0.15, 0.2) is 24.9 Å². The van der Waals surface area contributed by atoms with Crippen molar-refractivity contribution in [2.45, 2.75) is 6.42 Å². The summed E-state index contributed by atoms with van der Waals surface area (Å²) < 4.78 is 0. The Morgan fingerprint density at radius 1 is 1.78 bits per heavy atom. The molecule has 0 spiro atoms. The number of hydrogen-bond donors (Lipinski definition) is 2. The monoisotopic (exact) mass is 122 g/mol. The third kappa shape index (κ3) is 1.13. The lowest BCUT2D eigenvalue weighted by Gasteiger charge is -1.90. The molecule has 0 bridgehead atoms. The van der Waals surface area contributed by atoms with E-state index in [1.54, 1.807) is 0 Å². The second-order valence-corrected chi connectivity index (χ2v) is 1.90. The summed E-state index contributed by atoms with van der Waals surface area (Å²) in [6.45, 7) is 3.60. The Hall–Kier alpha value is -1.18. The van der Waals surface area contributed by atoms with Gasteiger partial charge in [0.2, 0.25) is 0 Å². The van der Waals surface area contributed by atoms with Crippen molar-refractivity contribution in [3.63, 3.8) is 0 Å². The van der Waals surface area contributed by atoms with E-state index in [9.17, 15) is 0 Å². The van der Waals surface area contributed by atoms with Gasteiger partial charge in [-0.15, -0.1) is 6.58 Å². The number of aromatic nitrogens is 1. The zero-order valence-corrected chi connectivity index (χ0v) is 5.22. The standard InChI is InChI=1S/C7H10N2/c1-2-3-7-6(8)4-5-9-7/h2,4-5,9H,1,3,8H2. The van der Waals surface area contributed by atoms with Crippen molar-refractivity contribution in [2.75, 3.05) is 5.73 Å². The molecule has 2 nitrogen and oxygen atoms in total. The number of rotatable bonds is 2. The fourth-order valence-electron chi connectivity index (χ4n) is 0.737. The van der Waals surface area contributed by atoms with Gasteiger partial charge in [0.25, 0.3) is 0 Å². The van der Waals surface area contributed by atoms with E-state index in [4.69, 9.17) is 5.73 Å². The summed E-state index contributed by atoms with van der Waals surface area (Å²) in [5.41, 5.74) is 7.41. The van der Waals surface area contributed by atoms with Crippen LogP contribution in [0, 0.1) is 0 Å². The first-order valence-electron chi connectivity index (χ1n) is 2.87. The Bertz CT molecular complexity index is 200. The molecule has 0 saturated carbocycles. The Morgan fingerprint density at radius 2 is 2.56 bits per heavy atom. The third-order valence-corrected chi connectivity index (χ3v) is 1.22. The van der Waals surface area contributed by atoms with Gasteiger partial charge in [0.05, 0.1) is 5.69 Å². The fraction of sp³-hybridized carbons (Fsp3) is 0.143. The van der Waals surface area contributed by atoms with Crippen LogP contribution in [-0.2, 0) is 6.42 Å². The Kier molecular flexibility index (Phi) is 1.58. The topological polar surface area (TPSA) is 41.8 Å². The molecular formula is C7H10N2. The zero-order valence-electron chi connectivity index (χ0n) is 5.22.